The molecule has 128 valence electrons. The van der Waals surface area contributed by atoms with Crippen LogP contribution in [0.3, 0.4) is 0 Å². The van der Waals surface area contributed by atoms with Gasteiger partial charge in [0.15, 0.2) is 0 Å². The first-order valence-corrected chi connectivity index (χ1v) is 8.08. The molecule has 1 aliphatic heterocycles. The molecular weight excluding hydrogens is 294 g/mol. The number of anilines is 1. The molecule has 0 aromatic heterocycles. The number of nitrogens with zero attached hydrogens (tertiary/aromatic N) is 2. The Bertz CT molecular complexity index is 484. The minimum atomic E-state index is -0.683. The Kier molecular flexibility index (Phi) is 6.83. The lowest BCUT2D eigenvalue weighted by Gasteiger charge is -2.29. The van der Waals surface area contributed by atoms with Crippen LogP contribution >= 0.6 is 0 Å². The fraction of sp³-hybridized carbons (Fsp3) is 0.588. The molecule has 1 saturated heterocycles. The van der Waals surface area contributed by atoms with E-state index < -0.39 is 6.10 Å². The van der Waals surface area contributed by atoms with Crippen molar-refractivity contribution >= 4 is 11.6 Å². The normalized spacial score (nSPS) is 16.4. The van der Waals surface area contributed by atoms with Gasteiger partial charge in [-0.3, -0.25) is 4.79 Å². The summed E-state index contributed by atoms with van der Waals surface area (Å²) in [4.78, 5) is 15.9. The first-order valence-electron chi connectivity index (χ1n) is 8.08. The lowest BCUT2D eigenvalue weighted by atomic mass is 10.1. The van der Waals surface area contributed by atoms with Crippen LogP contribution in [0.25, 0.3) is 0 Å². The molecule has 0 bridgehead atoms. The molecule has 0 aliphatic carbocycles. The van der Waals surface area contributed by atoms with Crippen molar-refractivity contribution in [3.63, 3.8) is 0 Å². The van der Waals surface area contributed by atoms with Gasteiger partial charge >= 0.3 is 0 Å². The van der Waals surface area contributed by atoms with Crippen LogP contribution in [0.2, 0.25) is 0 Å². The topological polar surface area (TPSA) is 65.0 Å². The largest absolute Gasteiger partial charge is 0.387 e. The summed E-state index contributed by atoms with van der Waals surface area (Å²) in [7, 11) is 3.86. The van der Waals surface area contributed by atoms with E-state index in [-0.39, 0.29) is 12.5 Å². The van der Waals surface area contributed by atoms with Gasteiger partial charge in [-0.2, -0.15) is 0 Å². The lowest BCUT2D eigenvalue weighted by molar-refractivity contribution is -0.121. The summed E-state index contributed by atoms with van der Waals surface area (Å²) in [5, 5.41) is 13.0. The molecule has 2 rings (SSSR count). The van der Waals surface area contributed by atoms with Gasteiger partial charge in [0.1, 0.15) is 0 Å². The van der Waals surface area contributed by atoms with Gasteiger partial charge in [-0.05, 0) is 31.8 Å². The van der Waals surface area contributed by atoms with E-state index in [4.69, 9.17) is 4.74 Å². The van der Waals surface area contributed by atoms with E-state index in [0.717, 1.165) is 37.6 Å². The number of aliphatic hydroxyl groups excluding tert-OH is 1. The maximum atomic E-state index is 11.7. The molecule has 1 fully saturated rings. The summed E-state index contributed by atoms with van der Waals surface area (Å²) in [5.74, 6) is -0.0392. The van der Waals surface area contributed by atoms with Crippen molar-refractivity contribution in [2.24, 2.45) is 0 Å². The number of carbonyl (C=O) groups is 1. The number of nitrogens with one attached hydrogen (secondary N) is 1. The number of ether oxygens (including phenoxy) is 1. The Labute approximate surface area is 138 Å². The van der Waals surface area contributed by atoms with E-state index in [1.165, 1.54) is 0 Å². The zero-order chi connectivity index (χ0) is 16.7. The average Bonchev–Trinajstić information content (AvgIpc) is 2.58. The molecule has 1 amide bonds. The molecule has 6 heteroatoms. The van der Waals surface area contributed by atoms with E-state index in [1.807, 2.05) is 43.3 Å². The molecule has 1 atom stereocenters. The molecular formula is C17H27N3O3. The summed E-state index contributed by atoms with van der Waals surface area (Å²) in [6, 6.07) is 7.86. The van der Waals surface area contributed by atoms with E-state index >= 15 is 0 Å². The van der Waals surface area contributed by atoms with Crippen LogP contribution < -0.4 is 10.2 Å². The highest BCUT2D eigenvalue weighted by atomic mass is 16.5. The molecule has 23 heavy (non-hydrogen) atoms. The van der Waals surface area contributed by atoms with Crippen LogP contribution in [-0.4, -0.2) is 69.4 Å². The average molecular weight is 321 g/mol. The minimum Gasteiger partial charge on any atom is -0.387 e. The van der Waals surface area contributed by atoms with E-state index in [2.05, 4.69) is 10.2 Å². The van der Waals surface area contributed by atoms with Crippen molar-refractivity contribution in [3.8, 4) is 0 Å². The fourth-order valence-corrected chi connectivity index (χ4v) is 2.47. The fourth-order valence-electron chi connectivity index (χ4n) is 2.47. The van der Waals surface area contributed by atoms with Crippen LogP contribution in [-0.2, 0) is 9.53 Å². The molecule has 1 aliphatic rings. The molecule has 2 N–H and O–H groups in total. The quantitative estimate of drug-likeness (QED) is 0.771. The first kappa shape index (κ1) is 17.7. The maximum Gasteiger partial charge on any atom is 0.221 e. The molecule has 0 saturated carbocycles. The van der Waals surface area contributed by atoms with Crippen LogP contribution in [0.15, 0.2) is 24.3 Å². The second-order valence-corrected chi connectivity index (χ2v) is 6.06. The Morgan fingerprint density at radius 1 is 1.30 bits per heavy atom. The second-order valence-electron chi connectivity index (χ2n) is 6.06. The van der Waals surface area contributed by atoms with Gasteiger partial charge in [-0.1, -0.05) is 12.1 Å². The van der Waals surface area contributed by atoms with Gasteiger partial charge in [-0.25, -0.2) is 0 Å². The van der Waals surface area contributed by atoms with Crippen molar-refractivity contribution in [1.29, 1.82) is 0 Å². The molecule has 1 aromatic rings. The second kappa shape index (κ2) is 8.86. The molecule has 1 aromatic carbocycles. The third kappa shape index (κ3) is 5.82. The zero-order valence-corrected chi connectivity index (χ0v) is 14.0. The van der Waals surface area contributed by atoms with Crippen LogP contribution in [0.5, 0.6) is 0 Å². The third-order valence-corrected chi connectivity index (χ3v) is 3.93. The molecule has 6 nitrogen and oxygen atoms in total. The number of rotatable bonds is 7. The number of hydrogen-bond acceptors (Lipinski definition) is 5. The number of morpholine rings is 1. The Balaban J connectivity index is 1.80. The predicted octanol–water partition coefficient (Wildman–Crippen LogP) is 0.625. The summed E-state index contributed by atoms with van der Waals surface area (Å²) in [6.07, 6.45) is -0.243. The van der Waals surface area contributed by atoms with Crippen molar-refractivity contribution < 1.29 is 14.6 Å². The van der Waals surface area contributed by atoms with Crippen molar-refractivity contribution in [1.82, 2.24) is 10.2 Å². The van der Waals surface area contributed by atoms with Crippen LogP contribution in [0.1, 0.15) is 18.1 Å². The van der Waals surface area contributed by atoms with E-state index in [0.29, 0.717) is 13.0 Å². The van der Waals surface area contributed by atoms with Crippen molar-refractivity contribution in [2.45, 2.75) is 12.5 Å². The summed E-state index contributed by atoms with van der Waals surface area (Å²) < 4.78 is 5.35. The summed E-state index contributed by atoms with van der Waals surface area (Å²) in [6.45, 7) is 4.24. The number of benzene rings is 1. The van der Waals surface area contributed by atoms with E-state index in [9.17, 15) is 9.90 Å². The van der Waals surface area contributed by atoms with E-state index in [1.54, 1.807) is 0 Å². The maximum absolute atomic E-state index is 11.7. The Morgan fingerprint density at radius 2 is 1.96 bits per heavy atom. The number of carbonyl (C=O) groups excluding carboxylic acids is 1. The molecule has 0 spiro atoms. The monoisotopic (exact) mass is 321 g/mol. The highest BCUT2D eigenvalue weighted by Crippen LogP contribution is 2.20. The van der Waals surface area contributed by atoms with Gasteiger partial charge in [0.2, 0.25) is 5.91 Å². The molecule has 1 heterocycles. The summed E-state index contributed by atoms with van der Waals surface area (Å²) in [5.41, 5.74) is 1.95. The zero-order valence-electron chi connectivity index (χ0n) is 14.0. The van der Waals surface area contributed by atoms with Gasteiger partial charge in [0.05, 0.1) is 19.3 Å². The van der Waals surface area contributed by atoms with Crippen LogP contribution in [0, 0.1) is 0 Å². The first-order chi connectivity index (χ1) is 11.1. The standard InChI is InChI=1S/C17H27N3O3/c1-19(2)8-7-17(22)18-13-16(21)14-3-5-15(6-4-14)20-9-11-23-12-10-20/h3-6,16,21H,7-13H2,1-2H3,(H,18,22). The SMILES string of the molecule is CN(C)CCC(=O)NCC(O)c1ccc(N2CCOCC2)cc1. The van der Waals surface area contributed by atoms with Gasteiger partial charge < -0.3 is 25.0 Å². The van der Waals surface area contributed by atoms with Crippen LogP contribution in [0.4, 0.5) is 5.69 Å². The van der Waals surface area contributed by atoms with Crippen molar-refractivity contribution in [2.75, 3.05) is 58.4 Å². The number of aliphatic hydroxyl groups is 1. The van der Waals surface area contributed by atoms with Crippen molar-refractivity contribution in [3.05, 3.63) is 29.8 Å². The molecule has 0 radical (unpaired) electrons. The smallest absolute Gasteiger partial charge is 0.221 e. The Morgan fingerprint density at radius 3 is 2.57 bits per heavy atom. The number of amides is 1. The van der Waals surface area contributed by atoms with Gasteiger partial charge in [0.25, 0.3) is 0 Å². The highest BCUT2D eigenvalue weighted by Gasteiger charge is 2.13. The van der Waals surface area contributed by atoms with Gasteiger partial charge in [-0.15, -0.1) is 0 Å². The predicted molar refractivity (Wildman–Crippen MR) is 90.6 cm³/mol. The highest BCUT2D eigenvalue weighted by molar-refractivity contribution is 5.76. The summed E-state index contributed by atoms with van der Waals surface area (Å²) >= 11 is 0. The third-order valence-electron chi connectivity index (χ3n) is 3.93. The number of hydrogen-bond donors (Lipinski definition) is 2. The Hall–Kier alpha value is -1.63. The lowest BCUT2D eigenvalue weighted by Crippen LogP contribution is -2.36. The van der Waals surface area contributed by atoms with Gasteiger partial charge in [0, 0.05) is 38.3 Å². The molecule has 1 unspecified atom stereocenters. The minimum absolute atomic E-state index is 0.0392.